The van der Waals surface area contributed by atoms with E-state index in [2.05, 4.69) is 34.2 Å². The topological polar surface area (TPSA) is 35.0 Å². The Morgan fingerprint density at radius 2 is 1.68 bits per heavy atom. The van der Waals surface area contributed by atoms with E-state index in [1.165, 1.54) is 5.56 Å². The van der Waals surface area contributed by atoms with Crippen LogP contribution in [0.15, 0.2) is 48.9 Å². The lowest BCUT2D eigenvalue weighted by Crippen LogP contribution is -2.01. The van der Waals surface area contributed by atoms with E-state index in [-0.39, 0.29) is 0 Å². The molecule has 1 aromatic heterocycles. The zero-order chi connectivity index (χ0) is 13.2. The summed E-state index contributed by atoms with van der Waals surface area (Å²) in [6.45, 7) is 1.64. The first-order chi connectivity index (χ1) is 9.45. The van der Waals surface area contributed by atoms with Gasteiger partial charge in [0, 0.05) is 25.1 Å². The van der Waals surface area contributed by atoms with Gasteiger partial charge in [-0.25, -0.2) is 9.97 Å². The number of ether oxygens (including phenoxy) is 1. The van der Waals surface area contributed by atoms with E-state index in [0.717, 1.165) is 44.6 Å². The zero-order valence-electron chi connectivity index (χ0n) is 11.2. The molecule has 0 saturated heterocycles. The van der Waals surface area contributed by atoms with Crippen LogP contribution in [-0.2, 0) is 17.6 Å². The van der Waals surface area contributed by atoms with Gasteiger partial charge in [-0.2, -0.15) is 0 Å². The summed E-state index contributed by atoms with van der Waals surface area (Å²) in [7, 11) is 0. The van der Waals surface area contributed by atoms with Crippen molar-refractivity contribution in [1.82, 2.24) is 9.97 Å². The van der Waals surface area contributed by atoms with Crippen molar-refractivity contribution in [2.75, 3.05) is 13.2 Å². The Balaban J connectivity index is 1.49. The first kappa shape index (κ1) is 13.7. The first-order valence-electron chi connectivity index (χ1n) is 6.82. The Hall–Kier alpha value is -1.74. The molecule has 2 rings (SSSR count). The van der Waals surface area contributed by atoms with Crippen LogP contribution < -0.4 is 0 Å². The van der Waals surface area contributed by atoms with Crippen molar-refractivity contribution in [1.29, 1.82) is 0 Å². The molecular formula is C16H20N2O. The van der Waals surface area contributed by atoms with Crippen molar-refractivity contribution in [2.45, 2.75) is 25.7 Å². The second kappa shape index (κ2) is 8.38. The Bertz CT molecular complexity index is 401. The number of hydrogen-bond donors (Lipinski definition) is 0. The summed E-state index contributed by atoms with van der Waals surface area (Å²) in [6, 6.07) is 12.5. The van der Waals surface area contributed by atoms with Crippen molar-refractivity contribution in [3.05, 3.63) is 60.2 Å². The largest absolute Gasteiger partial charge is 0.381 e. The third kappa shape index (κ3) is 5.62. The van der Waals surface area contributed by atoms with Crippen molar-refractivity contribution in [3.8, 4) is 0 Å². The molecule has 0 N–H and O–H groups in total. The average Bonchev–Trinajstić information content (AvgIpc) is 2.48. The molecule has 0 amide bonds. The van der Waals surface area contributed by atoms with Crippen LogP contribution >= 0.6 is 0 Å². The first-order valence-corrected chi connectivity index (χ1v) is 6.82. The Labute approximate surface area is 114 Å². The van der Waals surface area contributed by atoms with Crippen LogP contribution in [0.3, 0.4) is 0 Å². The molecule has 2 aromatic rings. The maximum atomic E-state index is 5.63. The molecule has 100 valence electrons. The van der Waals surface area contributed by atoms with Crippen molar-refractivity contribution < 1.29 is 4.74 Å². The van der Waals surface area contributed by atoms with Gasteiger partial charge < -0.3 is 4.74 Å². The number of rotatable bonds is 8. The average molecular weight is 256 g/mol. The molecule has 0 atom stereocenters. The molecule has 0 unspecified atom stereocenters. The minimum Gasteiger partial charge on any atom is -0.381 e. The molecular weight excluding hydrogens is 236 g/mol. The molecule has 0 fully saturated rings. The minimum absolute atomic E-state index is 0.804. The van der Waals surface area contributed by atoms with Crippen LogP contribution in [-0.4, -0.2) is 23.2 Å². The lowest BCUT2D eigenvalue weighted by Gasteiger charge is -2.04. The third-order valence-electron chi connectivity index (χ3n) is 2.96. The van der Waals surface area contributed by atoms with Gasteiger partial charge in [0.05, 0.1) is 0 Å². The second-order valence-electron chi connectivity index (χ2n) is 4.51. The van der Waals surface area contributed by atoms with Gasteiger partial charge in [-0.15, -0.1) is 0 Å². The molecule has 1 aromatic carbocycles. The number of benzene rings is 1. The van der Waals surface area contributed by atoms with Gasteiger partial charge in [0.2, 0.25) is 0 Å². The fourth-order valence-electron chi connectivity index (χ4n) is 1.95. The van der Waals surface area contributed by atoms with Crippen molar-refractivity contribution >= 4 is 0 Å². The standard InChI is InChI=1S/C16H20N2O/c1-2-6-15(7-3-1)8-4-12-19-13-5-9-16-10-11-17-14-18-16/h1-3,6-7,10-11,14H,4-5,8-9,12-13H2. The molecule has 0 saturated carbocycles. The van der Waals surface area contributed by atoms with Crippen molar-refractivity contribution in [2.24, 2.45) is 0 Å². The van der Waals surface area contributed by atoms with Crippen LogP contribution in [0.2, 0.25) is 0 Å². The highest BCUT2D eigenvalue weighted by atomic mass is 16.5. The van der Waals surface area contributed by atoms with E-state index in [1.54, 1.807) is 12.5 Å². The molecule has 0 bridgehead atoms. The highest BCUT2D eigenvalue weighted by molar-refractivity contribution is 5.14. The van der Waals surface area contributed by atoms with Crippen LogP contribution in [0.5, 0.6) is 0 Å². The van der Waals surface area contributed by atoms with Crippen LogP contribution in [0.1, 0.15) is 24.1 Å². The summed E-state index contributed by atoms with van der Waals surface area (Å²) in [5.74, 6) is 0. The SMILES string of the molecule is c1ccc(CCCOCCCc2ccncn2)cc1. The molecule has 0 aliphatic heterocycles. The molecule has 0 spiro atoms. The van der Waals surface area contributed by atoms with Gasteiger partial charge in [-0.1, -0.05) is 30.3 Å². The fourth-order valence-corrected chi connectivity index (χ4v) is 1.95. The lowest BCUT2D eigenvalue weighted by atomic mass is 10.1. The van der Waals surface area contributed by atoms with Crippen LogP contribution in [0.4, 0.5) is 0 Å². The smallest absolute Gasteiger partial charge is 0.115 e. The summed E-state index contributed by atoms with van der Waals surface area (Å²) in [5, 5.41) is 0. The molecule has 1 heterocycles. The molecule has 3 nitrogen and oxygen atoms in total. The van der Waals surface area contributed by atoms with E-state index in [4.69, 9.17) is 4.74 Å². The summed E-state index contributed by atoms with van der Waals surface area (Å²) < 4.78 is 5.63. The summed E-state index contributed by atoms with van der Waals surface area (Å²) in [4.78, 5) is 8.09. The molecule has 0 radical (unpaired) electrons. The molecule has 3 heteroatoms. The predicted molar refractivity (Wildman–Crippen MR) is 75.9 cm³/mol. The second-order valence-corrected chi connectivity index (χ2v) is 4.51. The summed E-state index contributed by atoms with van der Waals surface area (Å²) in [6.07, 6.45) is 7.52. The van der Waals surface area contributed by atoms with E-state index in [9.17, 15) is 0 Å². The van der Waals surface area contributed by atoms with Gasteiger partial charge in [0.25, 0.3) is 0 Å². The number of hydrogen-bond acceptors (Lipinski definition) is 3. The van der Waals surface area contributed by atoms with Gasteiger partial charge >= 0.3 is 0 Å². The van der Waals surface area contributed by atoms with Crippen LogP contribution in [0.25, 0.3) is 0 Å². The molecule has 19 heavy (non-hydrogen) atoms. The quantitative estimate of drug-likeness (QED) is 0.681. The summed E-state index contributed by atoms with van der Waals surface area (Å²) in [5.41, 5.74) is 2.47. The van der Waals surface area contributed by atoms with Gasteiger partial charge in [-0.3, -0.25) is 0 Å². The van der Waals surface area contributed by atoms with Gasteiger partial charge in [0.1, 0.15) is 6.33 Å². The van der Waals surface area contributed by atoms with E-state index < -0.39 is 0 Å². The summed E-state index contributed by atoms with van der Waals surface area (Å²) >= 11 is 0. The minimum atomic E-state index is 0.804. The zero-order valence-corrected chi connectivity index (χ0v) is 11.2. The third-order valence-corrected chi connectivity index (χ3v) is 2.96. The fraction of sp³-hybridized carbons (Fsp3) is 0.375. The normalized spacial score (nSPS) is 10.5. The molecule has 0 aliphatic carbocycles. The van der Waals surface area contributed by atoms with Gasteiger partial charge in [0.15, 0.2) is 0 Å². The maximum Gasteiger partial charge on any atom is 0.115 e. The molecule has 0 aliphatic rings. The number of nitrogens with zero attached hydrogens (tertiary/aromatic N) is 2. The number of aromatic nitrogens is 2. The Kier molecular flexibility index (Phi) is 6.03. The number of aryl methyl sites for hydroxylation is 2. The van der Waals surface area contributed by atoms with Gasteiger partial charge in [-0.05, 0) is 37.3 Å². The Morgan fingerprint density at radius 3 is 2.42 bits per heavy atom. The van der Waals surface area contributed by atoms with E-state index >= 15 is 0 Å². The predicted octanol–water partition coefficient (Wildman–Crippen LogP) is 3.06. The van der Waals surface area contributed by atoms with E-state index in [0.29, 0.717) is 0 Å². The maximum absolute atomic E-state index is 5.63. The Morgan fingerprint density at radius 1 is 0.895 bits per heavy atom. The lowest BCUT2D eigenvalue weighted by molar-refractivity contribution is 0.129. The highest BCUT2D eigenvalue weighted by Crippen LogP contribution is 2.03. The van der Waals surface area contributed by atoms with Crippen LogP contribution in [0, 0.1) is 0 Å². The highest BCUT2D eigenvalue weighted by Gasteiger charge is 1.95. The van der Waals surface area contributed by atoms with E-state index in [1.807, 2.05) is 12.1 Å². The monoisotopic (exact) mass is 256 g/mol. The van der Waals surface area contributed by atoms with Crippen molar-refractivity contribution in [3.63, 3.8) is 0 Å².